The van der Waals surface area contributed by atoms with Gasteiger partial charge in [0.25, 0.3) is 11.4 Å². The quantitative estimate of drug-likeness (QED) is 0.274. The SMILES string of the molecule is C.C.C=CC[C@@H]1C[C@H]1O.C=CC[C@@H]1C[C@H]1OC(=O)c1cc([N+](=O)[O-])cc([N+](=O)[O-])c1. The zero-order valence-corrected chi connectivity index (χ0v) is 15.2. The minimum absolute atomic E-state index is 0. The molecular weight excluding hydrogens is 392 g/mol. The van der Waals surface area contributed by atoms with E-state index in [9.17, 15) is 25.0 Å². The summed E-state index contributed by atoms with van der Waals surface area (Å²) in [5.41, 5.74) is -1.23. The number of benzene rings is 1. The molecule has 2 aliphatic rings. The molecule has 2 fully saturated rings. The van der Waals surface area contributed by atoms with Gasteiger partial charge in [-0.2, -0.15) is 0 Å². The summed E-state index contributed by atoms with van der Waals surface area (Å²) in [6, 6.07) is 2.74. The smallest absolute Gasteiger partial charge is 0.338 e. The number of nitro benzene ring substituents is 2. The average molecular weight is 422 g/mol. The third-order valence-corrected chi connectivity index (χ3v) is 4.50. The molecule has 0 spiro atoms. The highest BCUT2D eigenvalue weighted by molar-refractivity contribution is 5.91. The molecule has 166 valence electrons. The predicted octanol–water partition coefficient (Wildman–Crippen LogP) is 4.84. The Morgan fingerprint density at radius 1 is 1.03 bits per heavy atom. The Morgan fingerprint density at radius 2 is 1.50 bits per heavy atom. The van der Waals surface area contributed by atoms with Crippen molar-refractivity contribution >= 4 is 17.3 Å². The summed E-state index contributed by atoms with van der Waals surface area (Å²) in [4.78, 5) is 31.8. The number of rotatable bonds is 8. The van der Waals surface area contributed by atoms with Gasteiger partial charge in [-0.3, -0.25) is 20.2 Å². The Labute approximate surface area is 176 Å². The molecule has 1 aromatic rings. The Balaban J connectivity index is 0.000000797. The van der Waals surface area contributed by atoms with Gasteiger partial charge in [-0.15, -0.1) is 13.2 Å². The minimum Gasteiger partial charge on any atom is -0.458 e. The second-order valence-corrected chi connectivity index (χ2v) is 6.80. The maximum absolute atomic E-state index is 11.9. The molecule has 4 atom stereocenters. The summed E-state index contributed by atoms with van der Waals surface area (Å²) in [6.45, 7) is 7.15. The Hall–Kier alpha value is -3.07. The van der Waals surface area contributed by atoms with Crippen LogP contribution in [0.2, 0.25) is 0 Å². The topological polar surface area (TPSA) is 133 Å². The van der Waals surface area contributed by atoms with E-state index >= 15 is 0 Å². The van der Waals surface area contributed by atoms with E-state index < -0.39 is 27.2 Å². The number of nitrogens with zero attached hydrogens (tertiary/aromatic N) is 2. The molecule has 9 nitrogen and oxygen atoms in total. The van der Waals surface area contributed by atoms with Crippen molar-refractivity contribution in [1.82, 2.24) is 0 Å². The van der Waals surface area contributed by atoms with Crippen LogP contribution in [0.5, 0.6) is 0 Å². The van der Waals surface area contributed by atoms with Crippen LogP contribution in [-0.4, -0.2) is 33.1 Å². The van der Waals surface area contributed by atoms with E-state index in [2.05, 4.69) is 13.2 Å². The molecular formula is C21H30N2O7. The van der Waals surface area contributed by atoms with Gasteiger partial charge in [0, 0.05) is 18.1 Å². The van der Waals surface area contributed by atoms with Crippen LogP contribution < -0.4 is 0 Å². The van der Waals surface area contributed by atoms with Crippen LogP contribution in [0.25, 0.3) is 0 Å². The number of aliphatic hydroxyl groups excluding tert-OH is 1. The number of allylic oxidation sites excluding steroid dienone is 2. The lowest BCUT2D eigenvalue weighted by molar-refractivity contribution is -0.394. The first kappa shape index (κ1) is 26.9. The number of hydrogen-bond donors (Lipinski definition) is 1. The molecule has 0 amide bonds. The number of nitro groups is 2. The molecule has 30 heavy (non-hydrogen) atoms. The van der Waals surface area contributed by atoms with Gasteiger partial charge in [0.1, 0.15) is 6.10 Å². The average Bonchev–Trinajstić information content (AvgIpc) is 3.55. The largest absolute Gasteiger partial charge is 0.458 e. The Kier molecular flexibility index (Phi) is 10.6. The van der Waals surface area contributed by atoms with Crippen molar-refractivity contribution in [3.05, 3.63) is 69.3 Å². The van der Waals surface area contributed by atoms with Gasteiger partial charge in [0.15, 0.2) is 0 Å². The molecule has 0 heterocycles. The number of hydrogen-bond acceptors (Lipinski definition) is 7. The van der Waals surface area contributed by atoms with Crippen LogP contribution in [0.3, 0.4) is 0 Å². The standard InChI is InChI=1S/C13H12N2O6.C6H10O.2CH4/c1-2-3-8-6-12(8)21-13(16)9-4-10(14(17)18)7-11(5-9)15(19)20;1-2-3-5-4-6(5)7;;/h2,4-5,7-8,12H,1,3,6H2;2,5-7H,1,3-4H2;2*1H4/t8-,12-;5-,6-;;/m11../s1. The third-order valence-electron chi connectivity index (χ3n) is 4.50. The van der Waals surface area contributed by atoms with Crippen molar-refractivity contribution < 1.29 is 24.5 Å². The summed E-state index contributed by atoms with van der Waals surface area (Å²) < 4.78 is 5.15. The molecule has 0 saturated heterocycles. The lowest BCUT2D eigenvalue weighted by Crippen LogP contribution is -2.09. The minimum atomic E-state index is -0.793. The Bertz CT molecular complexity index is 761. The van der Waals surface area contributed by atoms with Crippen molar-refractivity contribution in [2.75, 3.05) is 0 Å². The summed E-state index contributed by atoms with van der Waals surface area (Å²) in [7, 11) is 0. The van der Waals surface area contributed by atoms with E-state index in [-0.39, 0.29) is 38.5 Å². The van der Waals surface area contributed by atoms with Crippen LogP contribution >= 0.6 is 0 Å². The summed E-state index contributed by atoms with van der Waals surface area (Å²) in [5, 5.41) is 30.2. The highest BCUT2D eigenvalue weighted by Gasteiger charge is 2.40. The van der Waals surface area contributed by atoms with Gasteiger partial charge in [-0.25, -0.2) is 4.79 Å². The third kappa shape index (κ3) is 7.75. The maximum Gasteiger partial charge on any atom is 0.338 e. The van der Waals surface area contributed by atoms with Crippen LogP contribution in [0.1, 0.15) is 50.9 Å². The first-order chi connectivity index (χ1) is 13.3. The van der Waals surface area contributed by atoms with Crippen molar-refractivity contribution in [3.8, 4) is 0 Å². The fourth-order valence-electron chi connectivity index (χ4n) is 2.65. The molecule has 2 aliphatic carbocycles. The van der Waals surface area contributed by atoms with Crippen LogP contribution in [0.4, 0.5) is 11.4 Å². The van der Waals surface area contributed by atoms with Gasteiger partial charge < -0.3 is 9.84 Å². The lowest BCUT2D eigenvalue weighted by atomic mass is 10.2. The summed E-state index contributed by atoms with van der Waals surface area (Å²) >= 11 is 0. The van der Waals surface area contributed by atoms with Crippen molar-refractivity contribution in [1.29, 1.82) is 0 Å². The molecule has 3 rings (SSSR count). The summed E-state index contributed by atoms with van der Waals surface area (Å²) in [6.07, 6.45) is 6.72. The first-order valence-electron chi connectivity index (χ1n) is 8.81. The molecule has 2 saturated carbocycles. The molecule has 0 radical (unpaired) electrons. The Morgan fingerprint density at radius 3 is 1.87 bits per heavy atom. The van der Waals surface area contributed by atoms with Gasteiger partial charge in [-0.05, 0) is 31.6 Å². The highest BCUT2D eigenvalue weighted by atomic mass is 16.6. The molecule has 0 aromatic heterocycles. The van der Waals surface area contributed by atoms with Crippen LogP contribution in [0.15, 0.2) is 43.5 Å². The van der Waals surface area contributed by atoms with Crippen molar-refractivity contribution in [2.45, 2.75) is 52.7 Å². The highest BCUT2D eigenvalue weighted by Crippen LogP contribution is 2.37. The van der Waals surface area contributed by atoms with E-state index in [0.29, 0.717) is 18.8 Å². The molecule has 0 unspecified atom stereocenters. The fourth-order valence-corrected chi connectivity index (χ4v) is 2.65. The first-order valence-corrected chi connectivity index (χ1v) is 8.81. The monoisotopic (exact) mass is 422 g/mol. The van der Waals surface area contributed by atoms with Crippen LogP contribution in [0, 0.1) is 32.1 Å². The van der Waals surface area contributed by atoms with E-state index in [1.54, 1.807) is 6.08 Å². The molecule has 1 aromatic carbocycles. The second-order valence-electron chi connectivity index (χ2n) is 6.80. The zero-order chi connectivity index (χ0) is 20.8. The van der Waals surface area contributed by atoms with Gasteiger partial charge in [-0.1, -0.05) is 27.0 Å². The second kappa shape index (κ2) is 11.8. The predicted molar refractivity (Wildman–Crippen MR) is 114 cm³/mol. The van der Waals surface area contributed by atoms with E-state index in [0.717, 1.165) is 31.0 Å². The van der Waals surface area contributed by atoms with Gasteiger partial charge in [0.2, 0.25) is 0 Å². The lowest BCUT2D eigenvalue weighted by Gasteiger charge is -2.04. The molecule has 0 aliphatic heterocycles. The van der Waals surface area contributed by atoms with E-state index in [1.165, 1.54) is 0 Å². The van der Waals surface area contributed by atoms with Gasteiger partial charge in [0.05, 0.1) is 27.6 Å². The van der Waals surface area contributed by atoms with Crippen molar-refractivity contribution in [2.24, 2.45) is 11.8 Å². The molecule has 9 heteroatoms. The molecule has 1 N–H and O–H groups in total. The van der Waals surface area contributed by atoms with Crippen molar-refractivity contribution in [3.63, 3.8) is 0 Å². The molecule has 0 bridgehead atoms. The number of carbonyl (C=O) groups is 1. The number of aliphatic hydroxyl groups is 1. The van der Waals surface area contributed by atoms with Gasteiger partial charge >= 0.3 is 5.97 Å². The number of esters is 1. The zero-order valence-electron chi connectivity index (χ0n) is 15.2. The number of carbonyl (C=O) groups excluding carboxylic acids is 1. The summed E-state index contributed by atoms with van der Waals surface area (Å²) in [5.74, 6) is -0.0315. The fraction of sp³-hybridized carbons (Fsp3) is 0.476. The van der Waals surface area contributed by atoms with Crippen LogP contribution in [-0.2, 0) is 4.74 Å². The normalized spacial score (nSPS) is 22.6. The maximum atomic E-state index is 11.9. The van der Waals surface area contributed by atoms with E-state index in [1.807, 2.05) is 6.08 Å². The number of ether oxygens (including phenoxy) is 1. The number of non-ortho nitro benzene ring substituents is 2. The van der Waals surface area contributed by atoms with E-state index in [4.69, 9.17) is 9.84 Å².